The Hall–Kier alpha value is -2.06. The molecule has 0 radical (unpaired) electrons. The molecule has 3 heterocycles. The van der Waals surface area contributed by atoms with E-state index in [1.54, 1.807) is 26.1 Å². The Balaban J connectivity index is 2.04. The summed E-state index contributed by atoms with van der Waals surface area (Å²) in [5.41, 5.74) is 8.77. The second kappa shape index (κ2) is 5.86. The average Bonchev–Trinajstić information content (AvgIpc) is 2.46. The highest BCUT2D eigenvalue weighted by molar-refractivity contribution is 9.10. The number of aliphatic hydroxyl groups excluding tert-OH is 1. The number of nitrogen functional groups attached to an aromatic ring is 1. The van der Waals surface area contributed by atoms with E-state index in [1.165, 1.54) is 0 Å². The van der Waals surface area contributed by atoms with Crippen molar-refractivity contribution in [3.63, 3.8) is 0 Å². The molecule has 7 nitrogen and oxygen atoms in total. The number of hydrogen-bond donors (Lipinski definition) is 3. The van der Waals surface area contributed by atoms with E-state index in [0.29, 0.717) is 29.1 Å². The molecule has 4 N–H and O–H groups in total. The van der Waals surface area contributed by atoms with E-state index in [2.05, 4.69) is 36.2 Å². The number of aliphatic hydroxyl groups is 1. The number of anilines is 1. The number of amides is 1. The summed E-state index contributed by atoms with van der Waals surface area (Å²) in [5.74, 6) is -0.0655. The van der Waals surface area contributed by atoms with E-state index in [4.69, 9.17) is 5.73 Å². The van der Waals surface area contributed by atoms with Crippen LogP contribution in [-0.2, 0) is 6.42 Å². The number of halogens is 1. The molecular formula is C15H16BrN5O2. The van der Waals surface area contributed by atoms with Gasteiger partial charge in [-0.25, -0.2) is 9.97 Å². The molecule has 1 aliphatic heterocycles. The molecule has 0 fully saturated rings. The van der Waals surface area contributed by atoms with E-state index in [1.807, 2.05) is 0 Å². The van der Waals surface area contributed by atoms with Crippen molar-refractivity contribution in [2.24, 2.45) is 0 Å². The van der Waals surface area contributed by atoms with Gasteiger partial charge in [-0.2, -0.15) is 0 Å². The highest BCUT2D eigenvalue weighted by Gasteiger charge is 2.30. The Labute approximate surface area is 141 Å². The summed E-state index contributed by atoms with van der Waals surface area (Å²) < 4.78 is 0.759. The first-order valence-corrected chi connectivity index (χ1v) is 7.93. The van der Waals surface area contributed by atoms with Gasteiger partial charge in [0.25, 0.3) is 5.91 Å². The van der Waals surface area contributed by atoms with E-state index in [-0.39, 0.29) is 17.9 Å². The Kier molecular flexibility index (Phi) is 4.03. The summed E-state index contributed by atoms with van der Waals surface area (Å²) in [5, 5.41) is 12.7. The normalized spacial score (nSPS) is 18.3. The third-order valence-corrected chi connectivity index (χ3v) is 4.48. The molecule has 1 aliphatic rings. The smallest absolute Gasteiger partial charge is 0.255 e. The predicted molar refractivity (Wildman–Crippen MR) is 87.7 cm³/mol. The van der Waals surface area contributed by atoms with Gasteiger partial charge in [0.2, 0.25) is 5.95 Å². The number of fused-ring (bicyclic) bond motifs is 1. The molecule has 2 aromatic heterocycles. The molecule has 2 aromatic rings. The van der Waals surface area contributed by atoms with Gasteiger partial charge in [-0.1, -0.05) is 0 Å². The molecule has 1 amide bonds. The number of carbonyl (C=O) groups excluding carboxylic acids is 1. The van der Waals surface area contributed by atoms with E-state index in [9.17, 15) is 9.90 Å². The first-order chi connectivity index (χ1) is 10.9. The second-order valence-corrected chi connectivity index (χ2v) is 6.38. The number of pyridine rings is 1. The summed E-state index contributed by atoms with van der Waals surface area (Å²) in [6.45, 7) is 3.39. The third kappa shape index (κ3) is 2.91. The van der Waals surface area contributed by atoms with Crippen LogP contribution in [0, 0.1) is 6.92 Å². The van der Waals surface area contributed by atoms with Gasteiger partial charge in [0, 0.05) is 17.1 Å². The fraction of sp³-hybridized carbons (Fsp3) is 0.333. The molecule has 23 heavy (non-hydrogen) atoms. The molecule has 0 saturated heterocycles. The number of carbonyl (C=O) groups is 1. The lowest BCUT2D eigenvalue weighted by molar-refractivity contribution is 0.0922. The topological polar surface area (TPSA) is 114 Å². The van der Waals surface area contributed by atoms with Gasteiger partial charge >= 0.3 is 0 Å². The standard InChI is InChI=1S/C15H16BrN5O2/c1-6-13-12(21-15(17)19-6)4-11(20-14(13)23)8-3-10(7(2)22)18-5-9(8)16/h3,5,7,11,22H,4H2,1-2H3,(H,20,23)(H2,17,19,21)/t7?,11-/m1/s1. The van der Waals surface area contributed by atoms with Gasteiger partial charge in [0.05, 0.1) is 34.8 Å². The quantitative estimate of drug-likeness (QED) is 0.732. The predicted octanol–water partition coefficient (Wildman–Crippen LogP) is 1.61. The minimum Gasteiger partial charge on any atom is -0.387 e. The summed E-state index contributed by atoms with van der Waals surface area (Å²) in [4.78, 5) is 24.8. The number of hydrogen-bond acceptors (Lipinski definition) is 6. The Morgan fingerprint density at radius 3 is 2.91 bits per heavy atom. The van der Waals surface area contributed by atoms with Crippen LogP contribution in [0.3, 0.4) is 0 Å². The van der Waals surface area contributed by atoms with Crippen LogP contribution in [0.25, 0.3) is 0 Å². The van der Waals surface area contributed by atoms with Crippen LogP contribution in [0.15, 0.2) is 16.7 Å². The highest BCUT2D eigenvalue weighted by atomic mass is 79.9. The Morgan fingerprint density at radius 1 is 1.48 bits per heavy atom. The van der Waals surface area contributed by atoms with Crippen LogP contribution in [0.2, 0.25) is 0 Å². The Bertz CT molecular complexity index is 794. The fourth-order valence-corrected chi connectivity index (χ4v) is 3.22. The van der Waals surface area contributed by atoms with E-state index in [0.717, 1.165) is 10.0 Å². The van der Waals surface area contributed by atoms with E-state index < -0.39 is 6.10 Å². The lowest BCUT2D eigenvalue weighted by Crippen LogP contribution is -2.37. The van der Waals surface area contributed by atoms with E-state index >= 15 is 0 Å². The molecule has 0 spiro atoms. The molecule has 120 valence electrons. The maximum Gasteiger partial charge on any atom is 0.255 e. The lowest BCUT2D eigenvalue weighted by atomic mass is 9.94. The number of nitrogens with zero attached hydrogens (tertiary/aromatic N) is 3. The molecule has 0 bridgehead atoms. The van der Waals surface area contributed by atoms with Crippen molar-refractivity contribution in [1.29, 1.82) is 0 Å². The summed E-state index contributed by atoms with van der Waals surface area (Å²) in [7, 11) is 0. The molecule has 2 atom stereocenters. The second-order valence-electron chi connectivity index (χ2n) is 5.53. The third-order valence-electron chi connectivity index (χ3n) is 3.82. The summed E-state index contributed by atoms with van der Waals surface area (Å²) in [6.07, 6.45) is 1.43. The average molecular weight is 378 g/mol. The monoisotopic (exact) mass is 377 g/mol. The molecule has 3 rings (SSSR count). The zero-order chi connectivity index (χ0) is 16.7. The van der Waals surface area contributed by atoms with Gasteiger partial charge < -0.3 is 16.2 Å². The maximum atomic E-state index is 12.4. The first kappa shape index (κ1) is 15.8. The van der Waals surface area contributed by atoms with Crippen LogP contribution >= 0.6 is 15.9 Å². The van der Waals surface area contributed by atoms with Crippen LogP contribution in [0.5, 0.6) is 0 Å². The van der Waals surface area contributed by atoms with Gasteiger partial charge in [-0.15, -0.1) is 0 Å². The summed E-state index contributed by atoms with van der Waals surface area (Å²) in [6, 6.07) is 1.50. The molecule has 0 saturated carbocycles. The van der Waals surface area contributed by atoms with Gasteiger partial charge in [-0.3, -0.25) is 9.78 Å². The first-order valence-electron chi connectivity index (χ1n) is 7.14. The van der Waals surface area contributed by atoms with Crippen LogP contribution < -0.4 is 11.1 Å². The summed E-state index contributed by atoms with van der Waals surface area (Å²) >= 11 is 3.45. The maximum absolute atomic E-state index is 12.4. The molecule has 0 aliphatic carbocycles. The Morgan fingerprint density at radius 2 is 2.22 bits per heavy atom. The molecule has 8 heteroatoms. The lowest BCUT2D eigenvalue weighted by Gasteiger charge is -2.27. The number of nitrogens with two attached hydrogens (primary N) is 1. The molecule has 0 aromatic carbocycles. The van der Waals surface area contributed by atoms with Crippen molar-refractivity contribution in [2.75, 3.05) is 5.73 Å². The van der Waals surface area contributed by atoms with Crippen molar-refractivity contribution in [2.45, 2.75) is 32.4 Å². The van der Waals surface area contributed by atoms with Crippen molar-refractivity contribution < 1.29 is 9.90 Å². The van der Waals surface area contributed by atoms with Gasteiger partial charge in [0.1, 0.15) is 0 Å². The highest BCUT2D eigenvalue weighted by Crippen LogP contribution is 2.31. The van der Waals surface area contributed by atoms with Crippen molar-refractivity contribution in [1.82, 2.24) is 20.3 Å². The van der Waals surface area contributed by atoms with Crippen LogP contribution in [0.4, 0.5) is 5.95 Å². The molecule has 1 unspecified atom stereocenters. The number of aryl methyl sites for hydroxylation is 1. The van der Waals surface area contributed by atoms with Crippen molar-refractivity contribution in [3.8, 4) is 0 Å². The van der Waals surface area contributed by atoms with Crippen LogP contribution in [-0.4, -0.2) is 26.0 Å². The minimum absolute atomic E-state index is 0.160. The number of nitrogens with one attached hydrogen (secondary N) is 1. The van der Waals surface area contributed by atoms with Gasteiger partial charge in [0.15, 0.2) is 0 Å². The zero-order valence-corrected chi connectivity index (χ0v) is 14.3. The van der Waals surface area contributed by atoms with Crippen molar-refractivity contribution >= 4 is 27.8 Å². The van der Waals surface area contributed by atoms with Crippen molar-refractivity contribution in [3.05, 3.63) is 44.9 Å². The fourth-order valence-electron chi connectivity index (χ4n) is 2.73. The number of aromatic nitrogens is 3. The zero-order valence-electron chi connectivity index (χ0n) is 12.7. The van der Waals surface area contributed by atoms with Gasteiger partial charge in [-0.05, 0) is 41.4 Å². The largest absolute Gasteiger partial charge is 0.387 e. The minimum atomic E-state index is -0.686. The number of rotatable bonds is 2. The van der Waals surface area contributed by atoms with Crippen LogP contribution in [0.1, 0.15) is 52.1 Å². The molecular weight excluding hydrogens is 362 g/mol. The SMILES string of the molecule is Cc1nc(N)nc2c1C(=O)N[C@@H](c1cc(C(C)O)ncc1Br)C2.